The summed E-state index contributed by atoms with van der Waals surface area (Å²) in [7, 11) is 1.61. The van der Waals surface area contributed by atoms with E-state index in [4.69, 9.17) is 11.6 Å². The van der Waals surface area contributed by atoms with Crippen LogP contribution in [0.15, 0.2) is 0 Å². The molecule has 0 saturated carbocycles. The number of aliphatic hydroxyl groups is 1. The number of nitrogens with zero attached hydrogens (tertiary/aromatic N) is 1. The first-order valence-corrected chi connectivity index (χ1v) is 3.92. The molecule has 0 aliphatic carbocycles. The first kappa shape index (κ1) is 10.7. The Hall–Kier alpha value is -0.280. The molecule has 0 atom stereocenters. The Morgan fingerprint density at radius 2 is 2.09 bits per heavy atom. The molecule has 0 aromatic carbocycles. The normalized spacial score (nSPS) is 11.4. The standard InChI is InChI=1S/C7H14ClNO2/c1-7(2,11)5-9(3)6(10)4-8/h11H,4-5H2,1-3H3. The number of hydrogen-bond acceptors (Lipinski definition) is 2. The Labute approximate surface area is 71.9 Å². The van der Waals surface area contributed by atoms with Crippen LogP contribution in [-0.2, 0) is 4.79 Å². The molecule has 0 aliphatic heterocycles. The number of carbonyl (C=O) groups excluding carboxylic acids is 1. The molecule has 0 saturated heterocycles. The summed E-state index contributed by atoms with van der Waals surface area (Å²) < 4.78 is 0. The van der Waals surface area contributed by atoms with Gasteiger partial charge in [0.25, 0.3) is 0 Å². The van der Waals surface area contributed by atoms with Crippen molar-refractivity contribution in [2.75, 3.05) is 19.5 Å². The summed E-state index contributed by atoms with van der Waals surface area (Å²) in [5, 5.41) is 9.30. The van der Waals surface area contributed by atoms with Crippen molar-refractivity contribution < 1.29 is 9.90 Å². The van der Waals surface area contributed by atoms with Gasteiger partial charge in [0.05, 0.1) is 5.60 Å². The zero-order valence-electron chi connectivity index (χ0n) is 7.09. The molecule has 66 valence electrons. The highest BCUT2D eigenvalue weighted by Gasteiger charge is 2.18. The van der Waals surface area contributed by atoms with E-state index in [9.17, 15) is 9.90 Å². The smallest absolute Gasteiger partial charge is 0.237 e. The zero-order valence-corrected chi connectivity index (χ0v) is 7.85. The van der Waals surface area contributed by atoms with Crippen LogP contribution in [0.3, 0.4) is 0 Å². The van der Waals surface area contributed by atoms with Gasteiger partial charge in [0.1, 0.15) is 5.88 Å². The van der Waals surface area contributed by atoms with Crippen LogP contribution in [0.1, 0.15) is 13.8 Å². The SMILES string of the molecule is CN(CC(C)(C)O)C(=O)CCl. The maximum absolute atomic E-state index is 10.9. The Bertz CT molecular complexity index is 142. The lowest BCUT2D eigenvalue weighted by molar-refractivity contribution is -0.129. The largest absolute Gasteiger partial charge is 0.389 e. The summed E-state index contributed by atoms with van der Waals surface area (Å²) >= 11 is 5.30. The molecule has 0 radical (unpaired) electrons. The van der Waals surface area contributed by atoms with Gasteiger partial charge in [-0.2, -0.15) is 0 Å². The van der Waals surface area contributed by atoms with Crippen LogP contribution in [0, 0.1) is 0 Å². The van der Waals surface area contributed by atoms with Crippen LogP contribution >= 0.6 is 11.6 Å². The molecule has 0 bridgehead atoms. The van der Waals surface area contributed by atoms with E-state index in [1.54, 1.807) is 20.9 Å². The number of hydrogen-bond donors (Lipinski definition) is 1. The first-order chi connectivity index (χ1) is 4.87. The monoisotopic (exact) mass is 179 g/mol. The molecular formula is C7H14ClNO2. The maximum atomic E-state index is 10.9. The van der Waals surface area contributed by atoms with Gasteiger partial charge in [-0.15, -0.1) is 11.6 Å². The van der Waals surface area contributed by atoms with Crippen LogP contribution in [0.25, 0.3) is 0 Å². The molecule has 0 fully saturated rings. The summed E-state index contributed by atoms with van der Waals surface area (Å²) in [6, 6.07) is 0. The number of carbonyl (C=O) groups is 1. The van der Waals surface area contributed by atoms with E-state index in [-0.39, 0.29) is 11.8 Å². The molecule has 0 heterocycles. The van der Waals surface area contributed by atoms with Crippen molar-refractivity contribution in [3.05, 3.63) is 0 Å². The molecule has 3 nitrogen and oxygen atoms in total. The van der Waals surface area contributed by atoms with E-state index >= 15 is 0 Å². The van der Waals surface area contributed by atoms with E-state index in [2.05, 4.69) is 0 Å². The zero-order chi connectivity index (χ0) is 9.07. The molecule has 0 rings (SSSR count). The van der Waals surface area contributed by atoms with Gasteiger partial charge in [0.15, 0.2) is 0 Å². The fraction of sp³-hybridized carbons (Fsp3) is 0.857. The van der Waals surface area contributed by atoms with Crippen molar-refractivity contribution in [2.45, 2.75) is 19.4 Å². The minimum Gasteiger partial charge on any atom is -0.389 e. The van der Waals surface area contributed by atoms with Crippen molar-refractivity contribution >= 4 is 17.5 Å². The topological polar surface area (TPSA) is 40.5 Å². The van der Waals surface area contributed by atoms with Gasteiger partial charge in [-0.25, -0.2) is 0 Å². The molecule has 0 aromatic heterocycles. The van der Waals surface area contributed by atoms with Crippen LogP contribution in [-0.4, -0.2) is 41.0 Å². The molecule has 0 unspecified atom stereocenters. The first-order valence-electron chi connectivity index (χ1n) is 3.39. The Morgan fingerprint density at radius 3 is 2.36 bits per heavy atom. The third kappa shape index (κ3) is 5.04. The van der Waals surface area contributed by atoms with Gasteiger partial charge in [0, 0.05) is 13.6 Å². The Balaban J connectivity index is 3.87. The van der Waals surface area contributed by atoms with E-state index in [0.29, 0.717) is 6.54 Å². The van der Waals surface area contributed by atoms with Crippen molar-refractivity contribution in [3.8, 4) is 0 Å². The third-order valence-electron chi connectivity index (χ3n) is 1.16. The summed E-state index contributed by atoms with van der Waals surface area (Å²) in [5.41, 5.74) is -0.851. The van der Waals surface area contributed by atoms with Crippen LogP contribution in [0.2, 0.25) is 0 Å². The summed E-state index contributed by atoms with van der Waals surface area (Å²) in [6.07, 6.45) is 0. The van der Waals surface area contributed by atoms with Crippen molar-refractivity contribution in [1.82, 2.24) is 4.90 Å². The van der Waals surface area contributed by atoms with Gasteiger partial charge < -0.3 is 10.0 Å². The lowest BCUT2D eigenvalue weighted by atomic mass is 10.1. The fourth-order valence-corrected chi connectivity index (χ4v) is 0.975. The maximum Gasteiger partial charge on any atom is 0.237 e. The lowest BCUT2D eigenvalue weighted by Crippen LogP contribution is -2.40. The predicted molar refractivity (Wildman–Crippen MR) is 44.7 cm³/mol. The highest BCUT2D eigenvalue weighted by atomic mass is 35.5. The predicted octanol–water partition coefficient (Wildman–Crippen LogP) is 0.454. The second kappa shape index (κ2) is 3.93. The van der Waals surface area contributed by atoms with Crippen molar-refractivity contribution in [2.24, 2.45) is 0 Å². The van der Waals surface area contributed by atoms with E-state index in [1.807, 2.05) is 0 Å². The molecular weight excluding hydrogens is 166 g/mol. The van der Waals surface area contributed by atoms with E-state index in [0.717, 1.165) is 0 Å². The summed E-state index contributed by atoms with van der Waals surface area (Å²) in [6.45, 7) is 3.59. The second-order valence-corrected chi connectivity index (χ2v) is 3.46. The summed E-state index contributed by atoms with van der Waals surface area (Å²) in [4.78, 5) is 12.3. The van der Waals surface area contributed by atoms with E-state index < -0.39 is 5.60 Å². The quantitative estimate of drug-likeness (QED) is 0.640. The molecule has 1 amide bonds. The van der Waals surface area contributed by atoms with Crippen LogP contribution in [0.4, 0.5) is 0 Å². The highest BCUT2D eigenvalue weighted by Crippen LogP contribution is 2.03. The van der Waals surface area contributed by atoms with Gasteiger partial charge in [0.2, 0.25) is 5.91 Å². The van der Waals surface area contributed by atoms with Gasteiger partial charge in [-0.05, 0) is 13.8 Å². The minimum absolute atomic E-state index is 0.0351. The molecule has 0 aliphatic rings. The minimum atomic E-state index is -0.851. The number of amides is 1. The lowest BCUT2D eigenvalue weighted by Gasteiger charge is -2.24. The molecule has 0 spiro atoms. The van der Waals surface area contributed by atoms with Gasteiger partial charge in [-0.3, -0.25) is 4.79 Å². The van der Waals surface area contributed by atoms with Crippen molar-refractivity contribution in [1.29, 1.82) is 0 Å². The Kier molecular flexibility index (Phi) is 3.83. The molecule has 0 aromatic rings. The second-order valence-electron chi connectivity index (χ2n) is 3.20. The van der Waals surface area contributed by atoms with Crippen LogP contribution in [0.5, 0.6) is 0 Å². The number of halogens is 1. The van der Waals surface area contributed by atoms with E-state index in [1.165, 1.54) is 4.90 Å². The van der Waals surface area contributed by atoms with Gasteiger partial charge in [-0.1, -0.05) is 0 Å². The Morgan fingerprint density at radius 1 is 1.64 bits per heavy atom. The summed E-state index contributed by atoms with van der Waals surface area (Å²) in [5.74, 6) is -0.208. The van der Waals surface area contributed by atoms with Gasteiger partial charge >= 0.3 is 0 Å². The number of alkyl halides is 1. The fourth-order valence-electron chi connectivity index (χ4n) is 0.771. The third-order valence-corrected chi connectivity index (χ3v) is 1.39. The molecule has 4 heteroatoms. The molecule has 1 N–H and O–H groups in total. The van der Waals surface area contributed by atoms with Crippen LogP contribution < -0.4 is 0 Å². The molecule has 11 heavy (non-hydrogen) atoms. The average Bonchev–Trinajstić information content (AvgIpc) is 1.82. The highest BCUT2D eigenvalue weighted by molar-refractivity contribution is 6.27. The van der Waals surface area contributed by atoms with Crippen molar-refractivity contribution in [3.63, 3.8) is 0 Å². The number of rotatable bonds is 3. The number of likely N-dealkylation sites (N-methyl/N-ethyl adjacent to an activating group) is 1. The average molecular weight is 180 g/mol.